The Labute approximate surface area is 178 Å². The monoisotopic (exact) mass is 421 g/mol. The Bertz CT molecular complexity index is 754. The van der Waals surface area contributed by atoms with E-state index in [2.05, 4.69) is 27.6 Å². The Kier molecular flexibility index (Phi) is 8.08. The zero-order chi connectivity index (χ0) is 22.3. The number of rotatable bonds is 6. The number of alkyl carbamates (subject to hydrolysis) is 1. The standard InChI is InChI=1S/C20H35N7O3/c1-7-8-15(24-19(29)30-20(2,3)4)11-22-18(21-5)26-9-10-27(17(28)14-26)16-12-23-25(6)13-16/h12-13,15H,7-11,14H2,1-6H3,(H,21,22)(H,24,29). The average Bonchev–Trinajstić information content (AvgIpc) is 3.07. The molecule has 2 rings (SSSR count). The van der Waals surface area contributed by atoms with Gasteiger partial charge in [0.2, 0.25) is 5.91 Å². The van der Waals surface area contributed by atoms with Crippen molar-refractivity contribution in [2.45, 2.75) is 52.2 Å². The third-order valence-electron chi connectivity index (χ3n) is 4.60. The highest BCUT2D eigenvalue weighted by Crippen LogP contribution is 2.16. The van der Waals surface area contributed by atoms with E-state index in [0.29, 0.717) is 25.6 Å². The molecule has 0 bridgehead atoms. The van der Waals surface area contributed by atoms with Gasteiger partial charge in [-0.25, -0.2) is 4.79 Å². The van der Waals surface area contributed by atoms with Gasteiger partial charge in [0, 0.05) is 46.0 Å². The summed E-state index contributed by atoms with van der Waals surface area (Å²) in [4.78, 5) is 32.7. The number of nitrogens with one attached hydrogen (secondary N) is 2. The number of piperazine rings is 1. The molecule has 1 fully saturated rings. The smallest absolute Gasteiger partial charge is 0.407 e. The zero-order valence-corrected chi connectivity index (χ0v) is 18.9. The van der Waals surface area contributed by atoms with Crippen LogP contribution in [0.3, 0.4) is 0 Å². The van der Waals surface area contributed by atoms with Crippen LogP contribution in [0, 0.1) is 0 Å². The van der Waals surface area contributed by atoms with Crippen LogP contribution in [-0.4, -0.2) is 77.5 Å². The molecule has 1 aromatic rings. The van der Waals surface area contributed by atoms with Crippen LogP contribution in [0.2, 0.25) is 0 Å². The van der Waals surface area contributed by atoms with Gasteiger partial charge in [0.25, 0.3) is 0 Å². The summed E-state index contributed by atoms with van der Waals surface area (Å²) in [6, 6.07) is -0.103. The fourth-order valence-corrected chi connectivity index (χ4v) is 3.27. The van der Waals surface area contributed by atoms with Crippen LogP contribution in [0.4, 0.5) is 10.5 Å². The Hall–Kier alpha value is -2.78. The molecule has 2 amide bonds. The number of aliphatic imine (C=N–C) groups is 1. The number of hydrogen-bond donors (Lipinski definition) is 2. The molecule has 0 spiro atoms. The molecule has 168 valence electrons. The minimum atomic E-state index is -0.543. The van der Waals surface area contributed by atoms with Crippen LogP contribution in [0.1, 0.15) is 40.5 Å². The molecule has 1 unspecified atom stereocenters. The van der Waals surface area contributed by atoms with Crippen molar-refractivity contribution < 1.29 is 14.3 Å². The quantitative estimate of drug-likeness (QED) is 0.531. The van der Waals surface area contributed by atoms with E-state index in [1.54, 1.807) is 22.8 Å². The van der Waals surface area contributed by atoms with Gasteiger partial charge in [-0.15, -0.1) is 0 Å². The van der Waals surface area contributed by atoms with Gasteiger partial charge in [-0.05, 0) is 27.2 Å². The Morgan fingerprint density at radius 1 is 1.37 bits per heavy atom. The number of carbonyl (C=O) groups is 2. The van der Waals surface area contributed by atoms with Crippen LogP contribution < -0.4 is 15.5 Å². The van der Waals surface area contributed by atoms with Crippen molar-refractivity contribution in [1.29, 1.82) is 0 Å². The molecule has 1 aliphatic heterocycles. The number of hydrogen-bond acceptors (Lipinski definition) is 5. The van der Waals surface area contributed by atoms with Gasteiger partial charge < -0.3 is 25.2 Å². The molecule has 0 saturated carbocycles. The lowest BCUT2D eigenvalue weighted by molar-refractivity contribution is -0.120. The molecule has 10 heteroatoms. The number of nitrogens with zero attached hydrogens (tertiary/aromatic N) is 5. The highest BCUT2D eigenvalue weighted by atomic mass is 16.6. The van der Waals surface area contributed by atoms with E-state index < -0.39 is 11.7 Å². The molecule has 1 atom stereocenters. The summed E-state index contributed by atoms with van der Waals surface area (Å²) in [5.41, 5.74) is 0.258. The molecule has 1 aliphatic rings. The number of anilines is 1. The first-order chi connectivity index (χ1) is 14.1. The van der Waals surface area contributed by atoms with Gasteiger partial charge in [-0.2, -0.15) is 5.10 Å². The second-order valence-electron chi connectivity index (χ2n) is 8.40. The van der Waals surface area contributed by atoms with Gasteiger partial charge in [-0.1, -0.05) is 13.3 Å². The van der Waals surface area contributed by atoms with Crippen molar-refractivity contribution in [3.63, 3.8) is 0 Å². The summed E-state index contributed by atoms with van der Waals surface area (Å²) >= 11 is 0. The van der Waals surface area contributed by atoms with Crippen molar-refractivity contribution in [2.75, 3.05) is 38.1 Å². The van der Waals surface area contributed by atoms with E-state index in [0.717, 1.165) is 18.5 Å². The van der Waals surface area contributed by atoms with Gasteiger partial charge in [0.05, 0.1) is 11.9 Å². The lowest BCUT2D eigenvalue weighted by Gasteiger charge is -2.35. The second kappa shape index (κ2) is 10.3. The Morgan fingerprint density at radius 3 is 2.63 bits per heavy atom. The topological polar surface area (TPSA) is 104 Å². The van der Waals surface area contributed by atoms with E-state index in [9.17, 15) is 9.59 Å². The third-order valence-corrected chi connectivity index (χ3v) is 4.60. The maximum absolute atomic E-state index is 12.6. The van der Waals surface area contributed by atoms with E-state index in [1.165, 1.54) is 0 Å². The van der Waals surface area contributed by atoms with Crippen molar-refractivity contribution >= 4 is 23.6 Å². The number of amides is 2. The predicted molar refractivity (Wildman–Crippen MR) is 117 cm³/mol. The molecule has 0 aliphatic carbocycles. The lowest BCUT2D eigenvalue weighted by Crippen LogP contribution is -2.56. The number of guanidine groups is 1. The Balaban J connectivity index is 1.91. The summed E-state index contributed by atoms with van der Waals surface area (Å²) in [5.74, 6) is 0.635. The van der Waals surface area contributed by atoms with Crippen molar-refractivity contribution in [1.82, 2.24) is 25.3 Å². The predicted octanol–water partition coefficient (Wildman–Crippen LogP) is 1.34. The SMILES string of the molecule is CCCC(CNC(=NC)N1CCN(c2cnn(C)c2)C(=O)C1)NC(=O)OC(C)(C)C. The second-order valence-corrected chi connectivity index (χ2v) is 8.40. The molecule has 10 nitrogen and oxygen atoms in total. The van der Waals surface area contributed by atoms with E-state index >= 15 is 0 Å². The first-order valence-corrected chi connectivity index (χ1v) is 10.4. The van der Waals surface area contributed by atoms with Crippen molar-refractivity contribution in [3.05, 3.63) is 12.4 Å². The molecule has 1 saturated heterocycles. The normalized spacial score (nSPS) is 16.5. The van der Waals surface area contributed by atoms with E-state index in [-0.39, 0.29) is 18.5 Å². The van der Waals surface area contributed by atoms with Crippen LogP contribution in [0.5, 0.6) is 0 Å². The average molecular weight is 422 g/mol. The summed E-state index contributed by atoms with van der Waals surface area (Å²) in [5, 5.41) is 10.3. The Morgan fingerprint density at radius 2 is 2.10 bits per heavy atom. The van der Waals surface area contributed by atoms with E-state index in [1.807, 2.05) is 38.9 Å². The van der Waals surface area contributed by atoms with Gasteiger partial charge in [0.1, 0.15) is 12.1 Å². The maximum atomic E-state index is 12.6. The summed E-state index contributed by atoms with van der Waals surface area (Å²) < 4.78 is 7.04. The summed E-state index contributed by atoms with van der Waals surface area (Å²) in [6.45, 7) is 9.51. The zero-order valence-electron chi connectivity index (χ0n) is 18.9. The molecule has 1 aromatic heterocycles. The minimum absolute atomic E-state index is 0.00538. The highest BCUT2D eigenvalue weighted by molar-refractivity contribution is 5.98. The van der Waals surface area contributed by atoms with Gasteiger partial charge >= 0.3 is 6.09 Å². The molecule has 30 heavy (non-hydrogen) atoms. The molecular weight excluding hydrogens is 386 g/mol. The van der Waals surface area contributed by atoms with Crippen LogP contribution in [0.15, 0.2) is 17.4 Å². The summed E-state index contributed by atoms with van der Waals surface area (Å²) in [6.07, 6.45) is 4.81. The molecule has 2 N–H and O–H groups in total. The lowest BCUT2D eigenvalue weighted by atomic mass is 10.1. The largest absolute Gasteiger partial charge is 0.444 e. The van der Waals surface area contributed by atoms with Crippen LogP contribution in [0.25, 0.3) is 0 Å². The van der Waals surface area contributed by atoms with Gasteiger partial charge in [0.15, 0.2) is 5.96 Å². The highest BCUT2D eigenvalue weighted by Gasteiger charge is 2.28. The molecule has 0 radical (unpaired) electrons. The number of aryl methyl sites for hydroxylation is 1. The fraction of sp³-hybridized carbons (Fsp3) is 0.700. The molecular formula is C20H35N7O3. The number of carbonyl (C=O) groups excluding carboxylic acids is 2. The minimum Gasteiger partial charge on any atom is -0.444 e. The summed E-state index contributed by atoms with van der Waals surface area (Å²) in [7, 11) is 3.52. The first-order valence-electron chi connectivity index (χ1n) is 10.4. The maximum Gasteiger partial charge on any atom is 0.407 e. The number of ether oxygens (including phenoxy) is 1. The fourth-order valence-electron chi connectivity index (χ4n) is 3.27. The van der Waals surface area contributed by atoms with Crippen molar-refractivity contribution in [2.24, 2.45) is 12.0 Å². The third kappa shape index (κ3) is 6.93. The van der Waals surface area contributed by atoms with Gasteiger partial charge in [-0.3, -0.25) is 14.5 Å². The van der Waals surface area contributed by atoms with Crippen LogP contribution in [-0.2, 0) is 16.6 Å². The van der Waals surface area contributed by atoms with Crippen molar-refractivity contribution in [3.8, 4) is 0 Å². The molecule has 2 heterocycles. The molecule has 0 aromatic carbocycles. The number of aromatic nitrogens is 2. The van der Waals surface area contributed by atoms with E-state index in [4.69, 9.17) is 4.74 Å². The first kappa shape index (κ1) is 23.5. The van der Waals surface area contributed by atoms with Crippen LogP contribution >= 0.6 is 0 Å².